The summed E-state index contributed by atoms with van der Waals surface area (Å²) in [6.45, 7) is 4.49. The first kappa shape index (κ1) is 16.3. The van der Waals surface area contributed by atoms with Crippen LogP contribution < -0.4 is 0 Å². The van der Waals surface area contributed by atoms with Crippen LogP contribution in [-0.4, -0.2) is 31.1 Å². The molecule has 0 aromatic rings. The van der Waals surface area contributed by atoms with Gasteiger partial charge in [-0.15, -0.1) is 0 Å². The quantitative estimate of drug-likeness (QED) is 0.642. The van der Waals surface area contributed by atoms with Gasteiger partial charge in [0.15, 0.2) is 6.29 Å². The van der Waals surface area contributed by atoms with Crippen molar-refractivity contribution in [3.05, 3.63) is 0 Å². The van der Waals surface area contributed by atoms with Gasteiger partial charge < -0.3 is 14.2 Å². The minimum absolute atomic E-state index is 0.00235. The molecule has 4 rings (SSSR count). The molecule has 0 amide bonds. The number of ether oxygens (including phenoxy) is 3. The number of unbranched alkanes of at least 4 members (excludes halogenated alkanes) is 1. The van der Waals surface area contributed by atoms with E-state index in [0.29, 0.717) is 18.8 Å². The first-order valence-corrected chi connectivity index (χ1v) is 9.18. The second-order valence-corrected chi connectivity index (χ2v) is 7.17. The molecule has 2 aliphatic carbocycles. The lowest BCUT2D eigenvalue weighted by molar-refractivity contribution is -0.173. The van der Waals surface area contributed by atoms with Crippen LogP contribution in [0.15, 0.2) is 0 Å². The Bertz CT molecular complexity index is 365. The minimum Gasteiger partial charge on any atom is -0.466 e. The van der Waals surface area contributed by atoms with E-state index < -0.39 is 0 Å². The first-order chi connectivity index (χ1) is 10.7. The van der Waals surface area contributed by atoms with Crippen molar-refractivity contribution >= 4 is 5.97 Å². The monoisotopic (exact) mass is 310 g/mol. The highest BCUT2D eigenvalue weighted by Gasteiger charge is 2.51. The smallest absolute Gasteiger partial charge is 0.308 e. The van der Waals surface area contributed by atoms with E-state index in [1.165, 1.54) is 19.3 Å². The van der Waals surface area contributed by atoms with Crippen molar-refractivity contribution in [3.8, 4) is 0 Å². The van der Waals surface area contributed by atoms with Crippen LogP contribution in [0.5, 0.6) is 0 Å². The Morgan fingerprint density at radius 1 is 1.09 bits per heavy atom. The predicted octanol–water partition coefficient (Wildman–Crippen LogP) is 3.68. The highest BCUT2D eigenvalue weighted by molar-refractivity contribution is 5.72. The molecule has 126 valence electrons. The normalized spacial score (nSPS) is 37.3. The number of esters is 1. The van der Waals surface area contributed by atoms with Crippen LogP contribution in [0.2, 0.25) is 0 Å². The summed E-state index contributed by atoms with van der Waals surface area (Å²) in [6.07, 6.45) is 9.11. The molecule has 4 nitrogen and oxygen atoms in total. The fourth-order valence-corrected chi connectivity index (χ4v) is 4.49. The number of carbonyl (C=O) groups excluding carboxylic acids is 1. The average molecular weight is 310 g/mol. The summed E-state index contributed by atoms with van der Waals surface area (Å²) in [5.74, 6) is 1.40. The van der Waals surface area contributed by atoms with Gasteiger partial charge in [-0.3, -0.25) is 4.79 Å². The van der Waals surface area contributed by atoms with E-state index in [1.807, 2.05) is 6.92 Å². The molecule has 0 N–H and O–H groups in total. The van der Waals surface area contributed by atoms with Crippen molar-refractivity contribution < 1.29 is 19.0 Å². The van der Waals surface area contributed by atoms with Gasteiger partial charge >= 0.3 is 5.97 Å². The third kappa shape index (κ3) is 3.48. The average Bonchev–Trinajstić information content (AvgIpc) is 2.96. The maximum absolute atomic E-state index is 12.1. The van der Waals surface area contributed by atoms with Gasteiger partial charge in [-0.2, -0.15) is 0 Å². The summed E-state index contributed by atoms with van der Waals surface area (Å²) in [6, 6.07) is 0. The van der Waals surface area contributed by atoms with Gasteiger partial charge in [0, 0.05) is 0 Å². The fourth-order valence-electron chi connectivity index (χ4n) is 4.49. The molecule has 2 heterocycles. The summed E-state index contributed by atoms with van der Waals surface area (Å²) in [5, 5.41) is 0. The number of hydrogen-bond donors (Lipinski definition) is 0. The Morgan fingerprint density at radius 3 is 2.32 bits per heavy atom. The maximum Gasteiger partial charge on any atom is 0.308 e. The molecule has 0 aromatic heterocycles. The first-order valence-electron chi connectivity index (χ1n) is 9.18. The lowest BCUT2D eigenvalue weighted by atomic mass is 9.95. The number of hydrogen-bond acceptors (Lipinski definition) is 4. The van der Waals surface area contributed by atoms with Crippen molar-refractivity contribution in [2.75, 3.05) is 6.61 Å². The van der Waals surface area contributed by atoms with E-state index >= 15 is 0 Å². The summed E-state index contributed by atoms with van der Waals surface area (Å²) in [7, 11) is 0. The van der Waals surface area contributed by atoms with E-state index in [9.17, 15) is 4.79 Å². The molecule has 4 aliphatic rings. The second kappa shape index (κ2) is 7.31. The fraction of sp³-hybridized carbons (Fsp3) is 0.944. The predicted molar refractivity (Wildman–Crippen MR) is 83.2 cm³/mol. The number of carbonyl (C=O) groups is 1. The molecule has 0 aromatic carbocycles. The molecular formula is C18H30O4. The highest BCUT2D eigenvalue weighted by Crippen LogP contribution is 2.50. The molecule has 5 atom stereocenters. The van der Waals surface area contributed by atoms with E-state index in [1.54, 1.807) is 0 Å². The number of fused-ring (bicyclic) bond motifs is 2. The van der Waals surface area contributed by atoms with Crippen LogP contribution in [-0.2, 0) is 19.0 Å². The van der Waals surface area contributed by atoms with Crippen molar-refractivity contribution in [1.82, 2.24) is 0 Å². The molecule has 4 heteroatoms. The Morgan fingerprint density at radius 2 is 1.77 bits per heavy atom. The van der Waals surface area contributed by atoms with Crippen LogP contribution >= 0.6 is 0 Å². The third-order valence-electron chi connectivity index (χ3n) is 5.66. The molecule has 4 bridgehead atoms. The van der Waals surface area contributed by atoms with Gasteiger partial charge in [0.05, 0.1) is 24.7 Å². The zero-order chi connectivity index (χ0) is 15.5. The van der Waals surface area contributed by atoms with Crippen LogP contribution in [0.1, 0.15) is 65.2 Å². The van der Waals surface area contributed by atoms with Gasteiger partial charge in [-0.1, -0.05) is 19.8 Å². The van der Waals surface area contributed by atoms with Crippen LogP contribution in [0.25, 0.3) is 0 Å². The standard InChI is InChI=1S/C18H30O4/c1-3-5-6-12(18(19)20-4-2)7-8-17-21-15-10-13-9-14(15)11-16(13)22-17/h12-17H,3-11H2,1-2H3. The lowest BCUT2D eigenvalue weighted by Crippen LogP contribution is -2.26. The summed E-state index contributed by atoms with van der Waals surface area (Å²) in [4.78, 5) is 12.1. The molecule has 2 saturated carbocycles. The second-order valence-electron chi connectivity index (χ2n) is 7.17. The Balaban J connectivity index is 1.50. The van der Waals surface area contributed by atoms with E-state index in [-0.39, 0.29) is 18.2 Å². The minimum atomic E-state index is -0.108. The van der Waals surface area contributed by atoms with E-state index in [0.717, 1.165) is 43.9 Å². The van der Waals surface area contributed by atoms with Gasteiger partial charge in [0.2, 0.25) is 0 Å². The lowest BCUT2D eigenvalue weighted by Gasteiger charge is -2.23. The maximum atomic E-state index is 12.1. The molecule has 2 saturated heterocycles. The van der Waals surface area contributed by atoms with Gasteiger partial charge in [-0.05, 0) is 57.3 Å². The topological polar surface area (TPSA) is 44.8 Å². The molecule has 22 heavy (non-hydrogen) atoms. The molecule has 0 spiro atoms. The van der Waals surface area contributed by atoms with Crippen LogP contribution in [0, 0.1) is 17.8 Å². The Hall–Kier alpha value is -0.610. The summed E-state index contributed by atoms with van der Waals surface area (Å²) in [5.41, 5.74) is 0. The van der Waals surface area contributed by atoms with Gasteiger partial charge in [0.1, 0.15) is 0 Å². The zero-order valence-corrected chi connectivity index (χ0v) is 14.0. The number of rotatable bonds is 8. The SMILES string of the molecule is CCCCC(CCC1OC2CC3CC2CC3O1)C(=O)OCC. The molecule has 2 aliphatic heterocycles. The zero-order valence-electron chi connectivity index (χ0n) is 14.0. The Kier molecular flexibility index (Phi) is 5.40. The van der Waals surface area contributed by atoms with Gasteiger partial charge in [0.25, 0.3) is 0 Å². The molecule has 4 fully saturated rings. The summed E-state index contributed by atoms with van der Waals surface area (Å²) >= 11 is 0. The van der Waals surface area contributed by atoms with Crippen molar-refractivity contribution in [1.29, 1.82) is 0 Å². The van der Waals surface area contributed by atoms with Crippen molar-refractivity contribution in [2.45, 2.75) is 83.7 Å². The van der Waals surface area contributed by atoms with Gasteiger partial charge in [-0.25, -0.2) is 0 Å². The molecular weight excluding hydrogens is 280 g/mol. The van der Waals surface area contributed by atoms with Crippen molar-refractivity contribution in [2.24, 2.45) is 17.8 Å². The molecule has 0 radical (unpaired) electrons. The van der Waals surface area contributed by atoms with Crippen molar-refractivity contribution in [3.63, 3.8) is 0 Å². The molecule has 5 unspecified atom stereocenters. The van der Waals surface area contributed by atoms with E-state index in [2.05, 4.69) is 6.92 Å². The third-order valence-corrected chi connectivity index (χ3v) is 5.66. The summed E-state index contributed by atoms with van der Waals surface area (Å²) < 4.78 is 17.6. The largest absolute Gasteiger partial charge is 0.466 e. The van der Waals surface area contributed by atoms with Crippen LogP contribution in [0.4, 0.5) is 0 Å². The highest BCUT2D eigenvalue weighted by atomic mass is 16.7. The van der Waals surface area contributed by atoms with E-state index in [4.69, 9.17) is 14.2 Å². The Labute approximate surface area is 133 Å². The van der Waals surface area contributed by atoms with Crippen LogP contribution in [0.3, 0.4) is 0 Å².